The lowest BCUT2D eigenvalue weighted by Gasteiger charge is -2.21. The van der Waals surface area contributed by atoms with Crippen molar-refractivity contribution in [3.63, 3.8) is 0 Å². The van der Waals surface area contributed by atoms with E-state index in [0.29, 0.717) is 6.61 Å². The molecule has 0 bridgehead atoms. The van der Waals surface area contributed by atoms with Crippen LogP contribution in [0.4, 0.5) is 0 Å². The minimum atomic E-state index is -0.295. The number of allylic oxidation sites excluding steroid dienone is 3. The normalized spacial score (nSPS) is 15.8. The Morgan fingerprint density at radius 1 is 1.25 bits per heavy atom. The zero-order chi connectivity index (χ0) is 12.6. The zero-order valence-electron chi connectivity index (χ0n) is 11.3. The van der Waals surface area contributed by atoms with Gasteiger partial charge in [-0.2, -0.15) is 0 Å². The predicted octanol–water partition coefficient (Wildman–Crippen LogP) is 4.75. The van der Waals surface area contributed by atoms with E-state index < -0.39 is 0 Å². The molecule has 94 valence electrons. The molecular weight excluding hydrogens is 216 g/mol. The molecule has 1 unspecified atom stereocenters. The number of hydrogen-bond donors (Lipinski definition) is 1. The SMILES string of the molecule is CCC(C)(S)OC/C=C(\C)CCC=C(C)C. The first kappa shape index (κ1) is 15.8. The molecule has 0 heterocycles. The number of thiol groups is 1. The van der Waals surface area contributed by atoms with E-state index in [9.17, 15) is 0 Å². The summed E-state index contributed by atoms with van der Waals surface area (Å²) < 4.78 is 5.65. The van der Waals surface area contributed by atoms with Crippen molar-refractivity contribution >= 4 is 12.6 Å². The molecule has 16 heavy (non-hydrogen) atoms. The monoisotopic (exact) mass is 242 g/mol. The van der Waals surface area contributed by atoms with Crippen LogP contribution >= 0.6 is 12.6 Å². The molecule has 0 aromatic rings. The molecule has 0 fully saturated rings. The summed E-state index contributed by atoms with van der Waals surface area (Å²) in [5, 5.41) is 0. The topological polar surface area (TPSA) is 9.23 Å². The Kier molecular flexibility index (Phi) is 7.86. The van der Waals surface area contributed by atoms with Crippen LogP contribution < -0.4 is 0 Å². The van der Waals surface area contributed by atoms with Crippen LogP contribution in [0.15, 0.2) is 23.3 Å². The molecule has 0 aliphatic carbocycles. The smallest absolute Gasteiger partial charge is 0.108 e. The minimum absolute atomic E-state index is 0.295. The van der Waals surface area contributed by atoms with E-state index in [-0.39, 0.29) is 4.93 Å². The first-order chi connectivity index (χ1) is 7.37. The molecule has 0 N–H and O–H groups in total. The summed E-state index contributed by atoms with van der Waals surface area (Å²) in [5.74, 6) is 0. The van der Waals surface area contributed by atoms with Crippen molar-refractivity contribution in [1.29, 1.82) is 0 Å². The molecule has 0 saturated carbocycles. The van der Waals surface area contributed by atoms with Crippen molar-refractivity contribution in [2.45, 2.75) is 58.8 Å². The zero-order valence-corrected chi connectivity index (χ0v) is 12.2. The highest BCUT2D eigenvalue weighted by Crippen LogP contribution is 2.19. The Labute approximate surface area is 106 Å². The molecule has 0 aliphatic heterocycles. The lowest BCUT2D eigenvalue weighted by atomic mass is 10.1. The van der Waals surface area contributed by atoms with Crippen LogP contribution in [0.3, 0.4) is 0 Å². The Morgan fingerprint density at radius 3 is 2.38 bits per heavy atom. The molecule has 1 atom stereocenters. The summed E-state index contributed by atoms with van der Waals surface area (Å²) in [6, 6.07) is 0. The van der Waals surface area contributed by atoms with E-state index in [4.69, 9.17) is 4.74 Å². The van der Waals surface area contributed by atoms with Crippen LogP contribution in [0.5, 0.6) is 0 Å². The third-order valence-corrected chi connectivity index (χ3v) is 3.02. The second kappa shape index (κ2) is 7.97. The van der Waals surface area contributed by atoms with Gasteiger partial charge in [0.25, 0.3) is 0 Å². The van der Waals surface area contributed by atoms with Gasteiger partial charge in [0.2, 0.25) is 0 Å². The van der Waals surface area contributed by atoms with E-state index in [1.54, 1.807) is 0 Å². The number of hydrogen-bond acceptors (Lipinski definition) is 2. The molecular formula is C14H26OS. The molecule has 0 aromatic heterocycles. The predicted molar refractivity (Wildman–Crippen MR) is 76.1 cm³/mol. The van der Waals surface area contributed by atoms with E-state index in [2.05, 4.69) is 52.5 Å². The van der Waals surface area contributed by atoms with Crippen LogP contribution in [0.1, 0.15) is 53.9 Å². The first-order valence-electron chi connectivity index (χ1n) is 6.02. The highest BCUT2D eigenvalue weighted by Gasteiger charge is 2.14. The summed E-state index contributed by atoms with van der Waals surface area (Å²) in [6.45, 7) is 11.2. The van der Waals surface area contributed by atoms with Gasteiger partial charge in [0, 0.05) is 0 Å². The largest absolute Gasteiger partial charge is 0.361 e. The van der Waals surface area contributed by atoms with Gasteiger partial charge in [0.15, 0.2) is 0 Å². The molecule has 0 aromatic carbocycles. The maximum Gasteiger partial charge on any atom is 0.108 e. The highest BCUT2D eigenvalue weighted by atomic mass is 32.1. The number of rotatable bonds is 7. The van der Waals surface area contributed by atoms with Gasteiger partial charge in [-0.15, -0.1) is 12.6 Å². The average Bonchev–Trinajstić information content (AvgIpc) is 2.17. The van der Waals surface area contributed by atoms with Gasteiger partial charge >= 0.3 is 0 Å². The van der Waals surface area contributed by atoms with Gasteiger partial charge in [0.1, 0.15) is 4.93 Å². The highest BCUT2D eigenvalue weighted by molar-refractivity contribution is 7.81. The van der Waals surface area contributed by atoms with Crippen molar-refractivity contribution in [2.75, 3.05) is 6.61 Å². The van der Waals surface area contributed by atoms with Gasteiger partial charge in [-0.05, 0) is 47.0 Å². The van der Waals surface area contributed by atoms with Crippen molar-refractivity contribution < 1.29 is 4.74 Å². The van der Waals surface area contributed by atoms with Crippen molar-refractivity contribution in [3.8, 4) is 0 Å². The lowest BCUT2D eigenvalue weighted by molar-refractivity contribution is 0.0581. The molecule has 0 rings (SSSR count). The number of ether oxygens (including phenoxy) is 1. The minimum Gasteiger partial charge on any atom is -0.361 e. The fraction of sp³-hybridized carbons (Fsp3) is 0.714. The summed E-state index contributed by atoms with van der Waals surface area (Å²) in [7, 11) is 0. The molecule has 0 amide bonds. The Morgan fingerprint density at radius 2 is 1.88 bits per heavy atom. The maximum atomic E-state index is 5.65. The fourth-order valence-electron chi connectivity index (χ4n) is 1.16. The Bertz CT molecular complexity index is 247. The maximum absolute atomic E-state index is 5.65. The van der Waals surface area contributed by atoms with Crippen LogP contribution in [0.2, 0.25) is 0 Å². The summed E-state index contributed by atoms with van der Waals surface area (Å²) in [4.78, 5) is -0.295. The average molecular weight is 242 g/mol. The summed E-state index contributed by atoms with van der Waals surface area (Å²) in [5.41, 5.74) is 2.77. The van der Waals surface area contributed by atoms with Crippen LogP contribution in [-0.4, -0.2) is 11.5 Å². The quantitative estimate of drug-likeness (QED) is 0.385. The molecule has 1 nitrogen and oxygen atoms in total. The standard InChI is InChI=1S/C14H26OS/c1-6-14(5,16)15-11-10-13(4)9-7-8-12(2)3/h8,10,16H,6-7,9,11H2,1-5H3/b13-10+. The van der Waals surface area contributed by atoms with Crippen LogP contribution in [0, 0.1) is 0 Å². The van der Waals surface area contributed by atoms with Crippen LogP contribution in [0.25, 0.3) is 0 Å². The van der Waals surface area contributed by atoms with Gasteiger partial charge in [-0.3, -0.25) is 0 Å². The molecule has 2 heteroatoms. The second-order valence-electron chi connectivity index (χ2n) is 4.71. The van der Waals surface area contributed by atoms with Crippen molar-refractivity contribution in [3.05, 3.63) is 23.3 Å². The molecule has 0 saturated heterocycles. The van der Waals surface area contributed by atoms with E-state index >= 15 is 0 Å². The molecule has 0 radical (unpaired) electrons. The Balaban J connectivity index is 3.83. The van der Waals surface area contributed by atoms with Crippen molar-refractivity contribution in [1.82, 2.24) is 0 Å². The summed E-state index contributed by atoms with van der Waals surface area (Å²) in [6.07, 6.45) is 7.58. The first-order valence-corrected chi connectivity index (χ1v) is 6.47. The van der Waals surface area contributed by atoms with Crippen LogP contribution in [-0.2, 0) is 4.74 Å². The van der Waals surface area contributed by atoms with Gasteiger partial charge in [-0.1, -0.05) is 30.2 Å². The second-order valence-corrected chi connectivity index (χ2v) is 5.66. The van der Waals surface area contributed by atoms with E-state index in [1.807, 2.05) is 6.92 Å². The van der Waals surface area contributed by atoms with E-state index in [1.165, 1.54) is 11.1 Å². The Hall–Kier alpha value is -0.210. The summed E-state index contributed by atoms with van der Waals surface area (Å²) >= 11 is 4.43. The van der Waals surface area contributed by atoms with Gasteiger partial charge in [-0.25, -0.2) is 0 Å². The third kappa shape index (κ3) is 9.05. The van der Waals surface area contributed by atoms with Gasteiger partial charge in [0.05, 0.1) is 6.61 Å². The van der Waals surface area contributed by atoms with E-state index in [0.717, 1.165) is 19.3 Å². The molecule has 0 aliphatic rings. The fourth-order valence-corrected chi connectivity index (χ4v) is 1.23. The molecule has 0 spiro atoms. The van der Waals surface area contributed by atoms with Gasteiger partial charge < -0.3 is 4.74 Å². The van der Waals surface area contributed by atoms with Crippen molar-refractivity contribution in [2.24, 2.45) is 0 Å². The lowest BCUT2D eigenvalue weighted by Crippen LogP contribution is -2.19. The third-order valence-electron chi connectivity index (χ3n) is 2.57.